The van der Waals surface area contributed by atoms with E-state index in [4.69, 9.17) is 4.74 Å². The summed E-state index contributed by atoms with van der Waals surface area (Å²) in [5.74, 6) is 0. The van der Waals surface area contributed by atoms with Gasteiger partial charge in [-0.2, -0.15) is 0 Å². The zero-order valence-electron chi connectivity index (χ0n) is 8.25. The van der Waals surface area contributed by atoms with Crippen LogP contribution in [0.2, 0.25) is 0 Å². The van der Waals surface area contributed by atoms with Gasteiger partial charge in [0.1, 0.15) is 5.01 Å². The highest BCUT2D eigenvalue weighted by Crippen LogP contribution is 2.28. The first-order valence-corrected chi connectivity index (χ1v) is 5.27. The number of benzene rings is 1. The fraction of sp³-hybridized carbons (Fsp3) is 0.455. The van der Waals surface area contributed by atoms with Crippen LogP contribution in [0.3, 0.4) is 0 Å². The smallest absolute Gasteiger partial charge is 0.138 e. The average molecular weight is 243 g/mol. The van der Waals surface area contributed by atoms with Crippen molar-refractivity contribution in [1.29, 1.82) is 0 Å². The molecule has 0 saturated heterocycles. The largest absolute Gasteiger partial charge is 0.357 e. The van der Waals surface area contributed by atoms with Crippen LogP contribution in [0.5, 0.6) is 0 Å². The van der Waals surface area contributed by atoms with Crippen LogP contribution in [0.25, 0.3) is 0 Å². The van der Waals surface area contributed by atoms with E-state index < -0.39 is 0 Å². The molecular formula is C11H15BrO. The van der Waals surface area contributed by atoms with Gasteiger partial charge in [0.05, 0.1) is 5.60 Å². The highest BCUT2D eigenvalue weighted by Gasteiger charge is 2.17. The first-order valence-electron chi connectivity index (χ1n) is 4.36. The summed E-state index contributed by atoms with van der Waals surface area (Å²) in [5.41, 5.74) is 1.03. The van der Waals surface area contributed by atoms with Crippen molar-refractivity contribution in [3.05, 3.63) is 35.9 Å². The van der Waals surface area contributed by atoms with Crippen molar-refractivity contribution in [2.75, 3.05) is 0 Å². The van der Waals surface area contributed by atoms with Crippen LogP contribution in [0.4, 0.5) is 0 Å². The van der Waals surface area contributed by atoms with Gasteiger partial charge in [0.2, 0.25) is 0 Å². The summed E-state index contributed by atoms with van der Waals surface area (Å²) >= 11 is 3.50. The van der Waals surface area contributed by atoms with Crippen molar-refractivity contribution in [2.24, 2.45) is 0 Å². The van der Waals surface area contributed by atoms with Gasteiger partial charge in [-0.3, -0.25) is 0 Å². The minimum atomic E-state index is -0.121. The van der Waals surface area contributed by atoms with E-state index in [1.54, 1.807) is 0 Å². The Morgan fingerprint density at radius 2 is 1.69 bits per heavy atom. The summed E-state index contributed by atoms with van der Waals surface area (Å²) in [6.45, 7) is 6.14. The first kappa shape index (κ1) is 10.7. The molecular weight excluding hydrogens is 228 g/mol. The van der Waals surface area contributed by atoms with E-state index in [-0.39, 0.29) is 10.6 Å². The number of alkyl halides is 1. The van der Waals surface area contributed by atoms with Crippen molar-refractivity contribution in [3.8, 4) is 0 Å². The Morgan fingerprint density at radius 3 is 2.15 bits per heavy atom. The van der Waals surface area contributed by atoms with Gasteiger partial charge in [-0.05, 0) is 26.3 Å². The van der Waals surface area contributed by atoms with Gasteiger partial charge < -0.3 is 4.74 Å². The van der Waals surface area contributed by atoms with Crippen molar-refractivity contribution in [2.45, 2.75) is 31.4 Å². The fourth-order valence-electron chi connectivity index (χ4n) is 0.983. The van der Waals surface area contributed by atoms with E-state index in [2.05, 4.69) is 15.9 Å². The number of ether oxygens (including phenoxy) is 1. The second-order valence-corrected chi connectivity index (χ2v) is 4.79. The monoisotopic (exact) mass is 242 g/mol. The van der Waals surface area contributed by atoms with Gasteiger partial charge in [0, 0.05) is 0 Å². The van der Waals surface area contributed by atoms with Gasteiger partial charge >= 0.3 is 0 Å². The molecule has 0 saturated carbocycles. The molecule has 13 heavy (non-hydrogen) atoms. The Balaban J connectivity index is 2.64. The molecule has 2 heteroatoms. The van der Waals surface area contributed by atoms with E-state index >= 15 is 0 Å². The van der Waals surface area contributed by atoms with Crippen LogP contribution < -0.4 is 0 Å². The van der Waals surface area contributed by atoms with Crippen molar-refractivity contribution in [1.82, 2.24) is 0 Å². The lowest BCUT2D eigenvalue weighted by molar-refractivity contribution is -0.0169. The lowest BCUT2D eigenvalue weighted by atomic mass is 10.2. The normalized spacial score (nSPS) is 14.2. The molecule has 1 rings (SSSR count). The predicted octanol–water partition coefficient (Wildman–Crippen LogP) is 3.90. The molecule has 0 fully saturated rings. The highest BCUT2D eigenvalue weighted by molar-refractivity contribution is 9.09. The second-order valence-electron chi connectivity index (χ2n) is 3.96. The van der Waals surface area contributed by atoms with Crippen LogP contribution in [0.15, 0.2) is 30.3 Å². The van der Waals surface area contributed by atoms with Crippen molar-refractivity contribution in [3.63, 3.8) is 0 Å². The number of rotatable bonds is 2. The summed E-state index contributed by atoms with van der Waals surface area (Å²) < 4.78 is 5.74. The zero-order chi connectivity index (χ0) is 9.90. The Kier molecular flexibility index (Phi) is 3.51. The van der Waals surface area contributed by atoms with E-state index in [9.17, 15) is 0 Å². The number of halogens is 1. The van der Waals surface area contributed by atoms with E-state index in [1.807, 2.05) is 51.1 Å². The predicted molar refractivity (Wildman–Crippen MR) is 58.9 cm³/mol. The molecule has 0 bridgehead atoms. The molecule has 0 aliphatic heterocycles. The van der Waals surface area contributed by atoms with Crippen LogP contribution in [-0.4, -0.2) is 5.60 Å². The Hall–Kier alpha value is -0.340. The molecule has 0 aromatic heterocycles. The lowest BCUT2D eigenvalue weighted by Crippen LogP contribution is -2.20. The van der Waals surface area contributed by atoms with Gasteiger partial charge in [-0.25, -0.2) is 0 Å². The summed E-state index contributed by atoms with van der Waals surface area (Å²) in [4.78, 5) is 0. The van der Waals surface area contributed by atoms with Gasteiger partial charge in [0.25, 0.3) is 0 Å². The number of hydrogen-bond acceptors (Lipinski definition) is 1. The van der Waals surface area contributed by atoms with E-state index in [0.29, 0.717) is 0 Å². The molecule has 0 amide bonds. The molecule has 1 atom stereocenters. The van der Waals surface area contributed by atoms with Crippen molar-refractivity contribution < 1.29 is 4.74 Å². The Morgan fingerprint density at radius 1 is 1.15 bits per heavy atom. The van der Waals surface area contributed by atoms with Crippen LogP contribution in [0.1, 0.15) is 31.3 Å². The second kappa shape index (κ2) is 4.25. The van der Waals surface area contributed by atoms with E-state index in [0.717, 1.165) is 5.56 Å². The maximum absolute atomic E-state index is 5.74. The average Bonchev–Trinajstić information content (AvgIpc) is 2.03. The van der Waals surface area contributed by atoms with Crippen LogP contribution >= 0.6 is 15.9 Å². The molecule has 0 spiro atoms. The molecule has 0 heterocycles. The molecule has 0 aliphatic carbocycles. The standard InChI is InChI=1S/C11H15BrO/c1-11(2,3)13-10(12)9-7-5-4-6-8-9/h4-8,10H,1-3H3. The van der Waals surface area contributed by atoms with Gasteiger partial charge in [-0.1, -0.05) is 46.3 Å². The SMILES string of the molecule is CC(C)(C)OC(Br)c1ccccc1. The third-order valence-corrected chi connectivity index (χ3v) is 2.23. The summed E-state index contributed by atoms with van der Waals surface area (Å²) in [5, 5.41) is -0.0197. The van der Waals surface area contributed by atoms with Gasteiger partial charge in [0.15, 0.2) is 0 Å². The quantitative estimate of drug-likeness (QED) is 0.716. The van der Waals surface area contributed by atoms with E-state index in [1.165, 1.54) is 0 Å². The minimum Gasteiger partial charge on any atom is -0.357 e. The molecule has 0 N–H and O–H groups in total. The first-order chi connectivity index (χ1) is 5.99. The summed E-state index contributed by atoms with van der Waals surface area (Å²) in [6.07, 6.45) is 0. The molecule has 72 valence electrons. The Labute approximate surface area is 88.2 Å². The lowest BCUT2D eigenvalue weighted by Gasteiger charge is -2.23. The molecule has 1 aromatic carbocycles. The van der Waals surface area contributed by atoms with Crippen LogP contribution in [-0.2, 0) is 4.74 Å². The molecule has 1 aromatic rings. The Bertz CT molecular complexity index is 251. The fourth-order valence-corrected chi connectivity index (χ4v) is 1.85. The summed E-state index contributed by atoms with van der Waals surface area (Å²) in [6, 6.07) is 10.1. The molecule has 0 radical (unpaired) electrons. The maximum atomic E-state index is 5.74. The van der Waals surface area contributed by atoms with Crippen LogP contribution in [0, 0.1) is 0 Å². The molecule has 1 unspecified atom stereocenters. The zero-order valence-corrected chi connectivity index (χ0v) is 9.84. The third-order valence-electron chi connectivity index (χ3n) is 1.52. The third kappa shape index (κ3) is 3.92. The molecule has 0 aliphatic rings. The van der Waals surface area contributed by atoms with Crippen molar-refractivity contribution >= 4 is 15.9 Å². The van der Waals surface area contributed by atoms with Gasteiger partial charge in [-0.15, -0.1) is 0 Å². The number of hydrogen-bond donors (Lipinski definition) is 0. The molecule has 1 nitrogen and oxygen atoms in total. The summed E-state index contributed by atoms with van der Waals surface area (Å²) in [7, 11) is 0. The maximum Gasteiger partial charge on any atom is 0.138 e. The highest BCUT2D eigenvalue weighted by atomic mass is 79.9. The topological polar surface area (TPSA) is 9.23 Å². The minimum absolute atomic E-state index is 0.0197.